The SMILES string of the molecule is Cc1sc(=O)n(CC(=O)N2CCC(Cc3cn(-c4cc(Cl)ccc4Br)nn3)CC2)c1-c1ccc(F)cc1. The minimum atomic E-state index is -0.343. The van der Waals surface area contributed by atoms with Gasteiger partial charge < -0.3 is 4.90 Å². The number of piperidine rings is 1. The summed E-state index contributed by atoms with van der Waals surface area (Å²) in [6, 6.07) is 11.5. The first kappa shape index (κ1) is 25.8. The highest BCUT2D eigenvalue weighted by Crippen LogP contribution is 2.27. The van der Waals surface area contributed by atoms with E-state index in [2.05, 4.69) is 26.2 Å². The number of thiazole rings is 1. The highest BCUT2D eigenvalue weighted by atomic mass is 79.9. The van der Waals surface area contributed by atoms with Crippen molar-refractivity contribution in [1.82, 2.24) is 24.5 Å². The van der Waals surface area contributed by atoms with Gasteiger partial charge in [0.1, 0.15) is 12.4 Å². The Morgan fingerprint density at radius 2 is 1.92 bits per heavy atom. The summed E-state index contributed by atoms with van der Waals surface area (Å²) in [5.74, 6) is -0.0410. The van der Waals surface area contributed by atoms with Gasteiger partial charge in [0, 0.05) is 27.5 Å². The number of hydrogen-bond donors (Lipinski definition) is 0. The van der Waals surface area contributed by atoms with Crippen LogP contribution in [-0.2, 0) is 17.8 Å². The number of rotatable bonds is 6. The van der Waals surface area contributed by atoms with Crippen molar-refractivity contribution in [1.29, 1.82) is 0 Å². The molecule has 1 saturated heterocycles. The highest BCUT2D eigenvalue weighted by molar-refractivity contribution is 9.10. The topological polar surface area (TPSA) is 73.0 Å². The van der Waals surface area contributed by atoms with Crippen LogP contribution in [0.3, 0.4) is 0 Å². The van der Waals surface area contributed by atoms with Crippen LogP contribution in [0.15, 0.2) is 57.9 Å². The number of aryl methyl sites for hydroxylation is 1. The zero-order valence-corrected chi connectivity index (χ0v) is 23.2. The fourth-order valence-electron chi connectivity index (χ4n) is 4.71. The predicted molar refractivity (Wildman–Crippen MR) is 146 cm³/mol. The van der Waals surface area contributed by atoms with Crippen LogP contribution in [0.2, 0.25) is 5.02 Å². The lowest BCUT2D eigenvalue weighted by Gasteiger charge is -2.32. The molecule has 1 amide bonds. The van der Waals surface area contributed by atoms with Crippen molar-refractivity contribution in [3.05, 3.63) is 84.2 Å². The fourth-order valence-corrected chi connectivity index (χ4v) is 6.16. The minimum absolute atomic E-state index is 0.0244. The van der Waals surface area contributed by atoms with E-state index in [1.54, 1.807) is 16.8 Å². The Morgan fingerprint density at radius 3 is 2.65 bits per heavy atom. The quantitative estimate of drug-likeness (QED) is 0.291. The van der Waals surface area contributed by atoms with Crippen molar-refractivity contribution in [2.45, 2.75) is 32.7 Å². The molecule has 0 saturated carbocycles. The molecule has 3 heterocycles. The molecule has 7 nitrogen and oxygen atoms in total. The molecular formula is C26H24BrClFN5O2S. The normalized spacial score (nSPS) is 14.3. The van der Waals surface area contributed by atoms with Crippen LogP contribution >= 0.6 is 38.9 Å². The van der Waals surface area contributed by atoms with Gasteiger partial charge in [-0.25, -0.2) is 9.07 Å². The van der Waals surface area contributed by atoms with E-state index in [4.69, 9.17) is 11.6 Å². The molecule has 0 radical (unpaired) electrons. The lowest BCUT2D eigenvalue weighted by molar-refractivity contribution is -0.133. The second kappa shape index (κ2) is 10.9. The average molecular weight is 605 g/mol. The Hall–Kier alpha value is -2.82. The molecule has 0 bridgehead atoms. The van der Waals surface area contributed by atoms with Gasteiger partial charge in [-0.05, 0) is 96.1 Å². The van der Waals surface area contributed by atoms with Crippen LogP contribution in [0.25, 0.3) is 16.9 Å². The lowest BCUT2D eigenvalue weighted by Crippen LogP contribution is -2.41. The van der Waals surface area contributed by atoms with E-state index in [1.807, 2.05) is 36.2 Å². The van der Waals surface area contributed by atoms with Crippen LogP contribution < -0.4 is 4.87 Å². The Kier molecular flexibility index (Phi) is 7.60. The average Bonchev–Trinajstić information content (AvgIpc) is 3.45. The first-order valence-electron chi connectivity index (χ1n) is 11.9. The van der Waals surface area contributed by atoms with Gasteiger partial charge in [-0.15, -0.1) is 5.10 Å². The van der Waals surface area contributed by atoms with Crippen molar-refractivity contribution in [2.24, 2.45) is 5.92 Å². The molecule has 2 aromatic heterocycles. The molecule has 1 aliphatic rings. The third kappa shape index (κ3) is 5.71. The molecule has 11 heteroatoms. The van der Waals surface area contributed by atoms with Crippen LogP contribution in [0.1, 0.15) is 23.4 Å². The lowest BCUT2D eigenvalue weighted by atomic mass is 9.92. The van der Waals surface area contributed by atoms with Gasteiger partial charge in [0.05, 0.1) is 23.3 Å². The molecule has 192 valence electrons. The molecule has 4 aromatic rings. The first-order valence-corrected chi connectivity index (χ1v) is 13.9. The van der Waals surface area contributed by atoms with Crippen molar-refractivity contribution in [3.63, 3.8) is 0 Å². The Labute approximate surface area is 230 Å². The predicted octanol–water partition coefficient (Wildman–Crippen LogP) is 5.50. The number of carbonyl (C=O) groups excluding carboxylic acids is 1. The van der Waals surface area contributed by atoms with E-state index >= 15 is 0 Å². The van der Waals surface area contributed by atoms with E-state index in [-0.39, 0.29) is 23.1 Å². The van der Waals surface area contributed by atoms with Crippen LogP contribution in [0, 0.1) is 18.7 Å². The van der Waals surface area contributed by atoms with E-state index in [9.17, 15) is 14.0 Å². The molecule has 0 aliphatic carbocycles. The Balaban J connectivity index is 1.21. The number of carbonyl (C=O) groups is 1. The molecule has 0 atom stereocenters. The van der Waals surface area contributed by atoms with Gasteiger partial charge in [0.15, 0.2) is 0 Å². The second-order valence-electron chi connectivity index (χ2n) is 9.14. The van der Waals surface area contributed by atoms with Crippen molar-refractivity contribution < 1.29 is 9.18 Å². The summed E-state index contributed by atoms with van der Waals surface area (Å²) >= 11 is 10.8. The minimum Gasteiger partial charge on any atom is -0.341 e. The van der Waals surface area contributed by atoms with E-state index in [0.717, 1.165) is 56.9 Å². The van der Waals surface area contributed by atoms with Gasteiger partial charge in [-0.2, -0.15) is 0 Å². The number of likely N-dealkylation sites (tertiary alicyclic amines) is 1. The molecular weight excluding hydrogens is 581 g/mol. The van der Waals surface area contributed by atoms with E-state index in [0.29, 0.717) is 29.7 Å². The number of halogens is 3. The molecule has 2 aromatic carbocycles. The summed E-state index contributed by atoms with van der Waals surface area (Å²) in [6.07, 6.45) is 4.39. The van der Waals surface area contributed by atoms with Crippen molar-refractivity contribution >= 4 is 44.8 Å². The second-order valence-corrected chi connectivity index (χ2v) is 11.6. The Bertz CT molecular complexity index is 1490. The molecule has 37 heavy (non-hydrogen) atoms. The van der Waals surface area contributed by atoms with E-state index in [1.165, 1.54) is 16.7 Å². The zero-order valence-electron chi connectivity index (χ0n) is 20.0. The Morgan fingerprint density at radius 1 is 1.19 bits per heavy atom. The summed E-state index contributed by atoms with van der Waals surface area (Å²) in [7, 11) is 0. The summed E-state index contributed by atoms with van der Waals surface area (Å²) in [4.78, 5) is 28.2. The maximum Gasteiger partial charge on any atom is 0.308 e. The fraction of sp³-hybridized carbons (Fsp3) is 0.308. The summed E-state index contributed by atoms with van der Waals surface area (Å²) in [6.45, 7) is 3.07. The molecule has 1 aliphatic heterocycles. The highest BCUT2D eigenvalue weighted by Gasteiger charge is 2.25. The van der Waals surface area contributed by atoms with Gasteiger partial charge in [0.25, 0.3) is 0 Å². The molecule has 0 spiro atoms. The third-order valence-corrected chi connectivity index (χ3v) is 8.44. The number of amides is 1. The van der Waals surface area contributed by atoms with Crippen molar-refractivity contribution in [2.75, 3.05) is 13.1 Å². The van der Waals surface area contributed by atoms with Crippen LogP contribution in [-0.4, -0.2) is 43.5 Å². The monoisotopic (exact) mass is 603 g/mol. The van der Waals surface area contributed by atoms with Gasteiger partial charge in [0.2, 0.25) is 5.91 Å². The van der Waals surface area contributed by atoms with Gasteiger partial charge in [-0.1, -0.05) is 28.2 Å². The molecule has 0 N–H and O–H groups in total. The van der Waals surface area contributed by atoms with Crippen LogP contribution in [0.5, 0.6) is 0 Å². The number of hydrogen-bond acceptors (Lipinski definition) is 5. The largest absolute Gasteiger partial charge is 0.341 e. The summed E-state index contributed by atoms with van der Waals surface area (Å²) < 4.78 is 17.5. The number of benzene rings is 2. The van der Waals surface area contributed by atoms with Gasteiger partial charge in [-0.3, -0.25) is 14.2 Å². The van der Waals surface area contributed by atoms with Gasteiger partial charge >= 0.3 is 4.87 Å². The molecule has 5 rings (SSSR count). The van der Waals surface area contributed by atoms with Crippen LogP contribution in [0.4, 0.5) is 4.39 Å². The summed E-state index contributed by atoms with van der Waals surface area (Å²) in [5, 5.41) is 9.21. The van der Waals surface area contributed by atoms with Crippen molar-refractivity contribution in [3.8, 4) is 16.9 Å². The maximum atomic E-state index is 13.4. The maximum absolute atomic E-state index is 13.4. The first-order chi connectivity index (χ1) is 17.8. The third-order valence-electron chi connectivity index (χ3n) is 6.64. The molecule has 1 fully saturated rings. The number of aromatic nitrogens is 4. The summed E-state index contributed by atoms with van der Waals surface area (Å²) in [5.41, 5.74) is 3.11. The van der Waals surface area contributed by atoms with E-state index < -0.39 is 0 Å². The molecule has 0 unspecified atom stereocenters. The standard InChI is InChI=1S/C26H24BrClFN5O2S/c1-16-25(18-2-5-20(29)6-3-18)33(26(36)37-16)15-24(35)32-10-8-17(9-11-32)12-21-14-34(31-30-21)23-13-19(28)4-7-22(23)27/h2-7,13-14,17H,8-12,15H2,1H3. The number of nitrogens with zero attached hydrogens (tertiary/aromatic N) is 5. The zero-order chi connectivity index (χ0) is 26.1. The smallest absolute Gasteiger partial charge is 0.308 e.